The van der Waals surface area contributed by atoms with E-state index in [2.05, 4.69) is 56.3 Å². The van der Waals surface area contributed by atoms with Crippen LogP contribution in [0, 0.1) is 6.92 Å². The van der Waals surface area contributed by atoms with Crippen molar-refractivity contribution in [2.24, 2.45) is 5.16 Å². The fourth-order valence-electron chi connectivity index (χ4n) is 4.32. The third kappa shape index (κ3) is 3.98. The van der Waals surface area contributed by atoms with Crippen molar-refractivity contribution in [1.29, 1.82) is 0 Å². The van der Waals surface area contributed by atoms with Gasteiger partial charge in [0.25, 0.3) is 0 Å². The molecule has 0 unspecified atom stereocenters. The number of fused-ring (bicyclic) bond motifs is 1. The monoisotopic (exact) mass is 412 g/mol. The maximum Gasteiger partial charge on any atom is 0.228 e. The number of hydrogen-bond acceptors (Lipinski definition) is 3. The van der Waals surface area contributed by atoms with Gasteiger partial charge in [0.1, 0.15) is 0 Å². The minimum absolute atomic E-state index is 0.106. The van der Waals surface area contributed by atoms with E-state index in [-0.39, 0.29) is 11.3 Å². The predicted octanol–water partition coefficient (Wildman–Crippen LogP) is 6.07. The van der Waals surface area contributed by atoms with Gasteiger partial charge < -0.3 is 10.1 Å². The van der Waals surface area contributed by atoms with Crippen LogP contribution >= 0.6 is 0 Å². The molecule has 4 nitrogen and oxygen atoms in total. The van der Waals surface area contributed by atoms with Gasteiger partial charge in [-0.2, -0.15) is 0 Å². The normalized spacial score (nSPS) is 15.7. The van der Waals surface area contributed by atoms with Gasteiger partial charge in [-0.15, -0.1) is 0 Å². The summed E-state index contributed by atoms with van der Waals surface area (Å²) in [7, 11) is 0. The zero-order chi connectivity index (χ0) is 22.2. The van der Waals surface area contributed by atoms with Crippen LogP contribution in [0.3, 0.4) is 0 Å². The number of oxime groups is 1. The van der Waals surface area contributed by atoms with E-state index in [9.17, 15) is 10.0 Å². The first-order valence-electron chi connectivity index (χ1n) is 10.6. The Hall–Kier alpha value is -3.40. The van der Waals surface area contributed by atoms with Crippen molar-refractivity contribution in [3.8, 4) is 11.1 Å². The van der Waals surface area contributed by atoms with Crippen LogP contribution in [0.4, 0.5) is 5.69 Å². The van der Waals surface area contributed by atoms with Crippen LogP contribution in [0.1, 0.15) is 49.4 Å². The van der Waals surface area contributed by atoms with Crippen molar-refractivity contribution in [2.45, 2.75) is 46.1 Å². The molecule has 3 aromatic rings. The molecule has 0 saturated heterocycles. The second-order valence-electron chi connectivity index (χ2n) is 8.99. The van der Waals surface area contributed by atoms with E-state index in [1.165, 1.54) is 5.56 Å². The van der Waals surface area contributed by atoms with E-state index < -0.39 is 0 Å². The third-order valence-electron chi connectivity index (χ3n) is 6.14. The smallest absolute Gasteiger partial charge is 0.228 e. The molecular weight excluding hydrogens is 384 g/mol. The van der Waals surface area contributed by atoms with Gasteiger partial charge in [0.2, 0.25) is 5.91 Å². The van der Waals surface area contributed by atoms with Gasteiger partial charge in [-0.05, 0) is 48.2 Å². The van der Waals surface area contributed by atoms with E-state index in [4.69, 9.17) is 0 Å². The molecule has 1 heterocycles. The fraction of sp³-hybridized carbons (Fsp3) is 0.259. The molecule has 0 radical (unpaired) electrons. The van der Waals surface area contributed by atoms with Gasteiger partial charge in [0.05, 0.1) is 12.3 Å². The van der Waals surface area contributed by atoms with E-state index in [1.807, 2.05) is 41.3 Å². The number of aryl methyl sites for hydroxylation is 1. The number of nitrogens with zero attached hydrogens (tertiary/aromatic N) is 2. The molecule has 0 saturated carbocycles. The summed E-state index contributed by atoms with van der Waals surface area (Å²) >= 11 is 0. The van der Waals surface area contributed by atoms with Gasteiger partial charge in [0.15, 0.2) is 0 Å². The Labute approximate surface area is 183 Å². The van der Waals surface area contributed by atoms with Crippen LogP contribution in [0.5, 0.6) is 0 Å². The zero-order valence-corrected chi connectivity index (χ0v) is 18.5. The molecule has 0 aromatic heterocycles. The molecule has 1 aliphatic rings. The summed E-state index contributed by atoms with van der Waals surface area (Å²) in [5, 5.41) is 13.1. The summed E-state index contributed by atoms with van der Waals surface area (Å²) in [6, 6.07) is 22.6. The molecule has 158 valence electrons. The molecule has 0 bridgehead atoms. The van der Waals surface area contributed by atoms with Crippen molar-refractivity contribution in [1.82, 2.24) is 0 Å². The van der Waals surface area contributed by atoms with Crippen molar-refractivity contribution >= 4 is 17.3 Å². The molecule has 4 rings (SSSR count). The van der Waals surface area contributed by atoms with E-state index >= 15 is 0 Å². The van der Waals surface area contributed by atoms with Crippen LogP contribution in [-0.2, 0) is 16.8 Å². The Morgan fingerprint density at radius 1 is 1.06 bits per heavy atom. The van der Waals surface area contributed by atoms with Crippen molar-refractivity contribution in [2.75, 3.05) is 4.90 Å². The summed E-state index contributed by atoms with van der Waals surface area (Å²) < 4.78 is 0. The number of anilines is 1. The van der Waals surface area contributed by atoms with Crippen molar-refractivity contribution in [3.05, 3.63) is 89.0 Å². The quantitative estimate of drug-likeness (QED) is 0.321. The molecule has 0 spiro atoms. The second-order valence-corrected chi connectivity index (χ2v) is 8.99. The van der Waals surface area contributed by atoms with Gasteiger partial charge in [-0.1, -0.05) is 79.2 Å². The number of carbonyl (C=O) groups is 1. The Morgan fingerprint density at radius 2 is 1.74 bits per heavy atom. The lowest BCUT2D eigenvalue weighted by Gasteiger charge is -2.39. The summed E-state index contributed by atoms with van der Waals surface area (Å²) in [5.74, 6) is 0.106. The molecule has 4 heteroatoms. The average Bonchev–Trinajstić information content (AvgIpc) is 2.76. The number of carbonyl (C=O) groups excluding carboxylic acids is 1. The summed E-state index contributed by atoms with van der Waals surface area (Å²) in [6.07, 6.45) is 0.451. The molecule has 3 aromatic carbocycles. The van der Waals surface area contributed by atoms with Crippen LogP contribution in [0.15, 0.2) is 71.9 Å². The van der Waals surface area contributed by atoms with Crippen LogP contribution in [-0.4, -0.2) is 16.8 Å². The minimum Gasteiger partial charge on any atom is -0.411 e. The Bertz CT molecular complexity index is 1150. The maximum atomic E-state index is 13.2. The van der Waals surface area contributed by atoms with E-state index in [0.29, 0.717) is 18.7 Å². The summed E-state index contributed by atoms with van der Waals surface area (Å²) in [4.78, 5) is 15.0. The highest BCUT2D eigenvalue weighted by Crippen LogP contribution is 2.44. The lowest BCUT2D eigenvalue weighted by atomic mass is 9.75. The van der Waals surface area contributed by atoms with Gasteiger partial charge in [-0.3, -0.25) is 4.79 Å². The minimum atomic E-state index is -0.290. The molecule has 1 N–H and O–H groups in total. The molecule has 1 aliphatic heterocycles. The average molecular weight is 413 g/mol. The SMILES string of the molecule is C/C(=N\O)c1cc2c(cc1-c1ccc(C)cc1)C(C)(C)CC(=O)N2Cc1ccccc1. The van der Waals surface area contributed by atoms with E-state index in [1.54, 1.807) is 6.92 Å². The second kappa shape index (κ2) is 8.03. The Kier molecular flexibility index (Phi) is 5.40. The summed E-state index contributed by atoms with van der Waals surface area (Å²) in [5.41, 5.74) is 7.43. The van der Waals surface area contributed by atoms with Crippen molar-refractivity contribution in [3.63, 3.8) is 0 Å². The molecule has 0 fully saturated rings. The number of rotatable bonds is 4. The highest BCUT2D eigenvalue weighted by Gasteiger charge is 2.37. The molecule has 0 aliphatic carbocycles. The standard InChI is InChI=1S/C27H28N2O2/c1-18-10-12-21(13-11-18)23-14-24-25(15-22(23)19(2)28-31)29(26(30)16-27(24,3)4)17-20-8-6-5-7-9-20/h5-15,31H,16-17H2,1-4H3/b28-19+. The Balaban J connectivity index is 1.93. The first kappa shape index (κ1) is 20.9. The highest BCUT2D eigenvalue weighted by molar-refractivity contribution is 6.07. The van der Waals surface area contributed by atoms with Crippen molar-refractivity contribution < 1.29 is 10.0 Å². The largest absolute Gasteiger partial charge is 0.411 e. The van der Waals surface area contributed by atoms with E-state index in [0.717, 1.165) is 33.5 Å². The molecule has 1 amide bonds. The lowest BCUT2D eigenvalue weighted by molar-refractivity contribution is -0.120. The van der Waals surface area contributed by atoms with Crippen LogP contribution in [0.2, 0.25) is 0 Å². The lowest BCUT2D eigenvalue weighted by Crippen LogP contribution is -2.41. The third-order valence-corrected chi connectivity index (χ3v) is 6.14. The van der Waals surface area contributed by atoms with Gasteiger partial charge in [0, 0.05) is 23.1 Å². The van der Waals surface area contributed by atoms with Crippen LogP contribution < -0.4 is 4.90 Å². The predicted molar refractivity (Wildman–Crippen MR) is 126 cm³/mol. The van der Waals surface area contributed by atoms with Gasteiger partial charge in [-0.25, -0.2) is 0 Å². The zero-order valence-electron chi connectivity index (χ0n) is 18.5. The number of benzene rings is 3. The molecule has 31 heavy (non-hydrogen) atoms. The highest BCUT2D eigenvalue weighted by atomic mass is 16.4. The van der Waals surface area contributed by atoms with Gasteiger partial charge >= 0.3 is 0 Å². The molecular formula is C27H28N2O2. The van der Waals surface area contributed by atoms with Crippen LogP contribution in [0.25, 0.3) is 11.1 Å². The number of amides is 1. The topological polar surface area (TPSA) is 52.9 Å². The maximum absolute atomic E-state index is 13.2. The summed E-state index contributed by atoms with van der Waals surface area (Å²) in [6.45, 7) is 8.61. The first-order valence-corrected chi connectivity index (χ1v) is 10.6. The molecule has 0 atom stereocenters. The first-order chi connectivity index (χ1) is 14.8. The Morgan fingerprint density at radius 3 is 2.39 bits per heavy atom. The number of hydrogen-bond donors (Lipinski definition) is 1. The fourth-order valence-corrected chi connectivity index (χ4v) is 4.32.